The molecule has 0 saturated heterocycles. The number of hydrogen-bond donors (Lipinski definition) is 2. The zero-order chi connectivity index (χ0) is 23.0. The predicted octanol–water partition coefficient (Wildman–Crippen LogP) is 3.73. The van der Waals surface area contributed by atoms with Gasteiger partial charge in [0.2, 0.25) is 10.0 Å². The Bertz CT molecular complexity index is 1220. The Labute approximate surface area is 187 Å². The molecule has 0 saturated carbocycles. The Morgan fingerprint density at radius 2 is 1.75 bits per heavy atom. The van der Waals surface area contributed by atoms with E-state index in [-0.39, 0.29) is 23.8 Å². The summed E-state index contributed by atoms with van der Waals surface area (Å²) in [6, 6.07) is 22.8. The summed E-state index contributed by atoms with van der Waals surface area (Å²) in [6.45, 7) is 0.0316. The van der Waals surface area contributed by atoms with Crippen molar-refractivity contribution in [2.75, 3.05) is 19.0 Å². The van der Waals surface area contributed by atoms with Gasteiger partial charge in [0, 0.05) is 36.2 Å². The molecular formula is C24H23N3O4S. The summed E-state index contributed by atoms with van der Waals surface area (Å²) in [4.78, 5) is 12.7. The maximum atomic E-state index is 12.7. The van der Waals surface area contributed by atoms with Crippen LogP contribution in [0.2, 0.25) is 0 Å². The Morgan fingerprint density at radius 3 is 2.41 bits per heavy atom. The molecular weight excluding hydrogens is 426 g/mol. The number of nitrogens with one attached hydrogen (secondary N) is 2. The molecule has 0 fully saturated rings. The first-order valence-corrected chi connectivity index (χ1v) is 11.4. The summed E-state index contributed by atoms with van der Waals surface area (Å²) < 4.78 is 32.2. The Hall–Kier alpha value is -3.67. The zero-order valence-electron chi connectivity index (χ0n) is 17.5. The van der Waals surface area contributed by atoms with Crippen molar-refractivity contribution < 1.29 is 17.9 Å². The van der Waals surface area contributed by atoms with E-state index in [0.717, 1.165) is 16.9 Å². The number of sulfonamides is 1. The molecule has 8 heteroatoms. The van der Waals surface area contributed by atoms with Crippen LogP contribution < -0.4 is 14.8 Å². The molecule has 3 aromatic rings. The number of nitriles is 1. The topological polar surface area (TPSA) is 108 Å². The van der Waals surface area contributed by atoms with E-state index in [1.165, 1.54) is 24.3 Å². The number of methoxy groups -OCH3 is 1. The van der Waals surface area contributed by atoms with Crippen molar-refractivity contribution in [2.24, 2.45) is 0 Å². The average molecular weight is 450 g/mol. The fourth-order valence-electron chi connectivity index (χ4n) is 3.12. The minimum atomic E-state index is -3.72. The van der Waals surface area contributed by atoms with Gasteiger partial charge in [-0.2, -0.15) is 5.26 Å². The van der Waals surface area contributed by atoms with Crippen molar-refractivity contribution in [3.63, 3.8) is 0 Å². The molecule has 3 rings (SSSR count). The highest BCUT2D eigenvalue weighted by molar-refractivity contribution is 7.89. The molecule has 1 amide bonds. The minimum Gasteiger partial charge on any atom is -0.496 e. The molecule has 0 aliphatic heterocycles. The van der Waals surface area contributed by atoms with E-state index in [1.807, 2.05) is 42.5 Å². The number of nitrogens with zero attached hydrogens (tertiary/aromatic N) is 1. The first-order chi connectivity index (χ1) is 15.4. The number of rotatable bonds is 9. The Morgan fingerprint density at radius 1 is 1.03 bits per heavy atom. The van der Waals surface area contributed by atoms with Crippen LogP contribution in [0.25, 0.3) is 0 Å². The summed E-state index contributed by atoms with van der Waals surface area (Å²) >= 11 is 0. The summed E-state index contributed by atoms with van der Waals surface area (Å²) in [5.74, 6) is 0.368. The van der Waals surface area contributed by atoms with Gasteiger partial charge in [-0.25, -0.2) is 13.1 Å². The Balaban J connectivity index is 1.73. The van der Waals surface area contributed by atoms with E-state index in [4.69, 9.17) is 10.00 Å². The lowest BCUT2D eigenvalue weighted by atomic mass is 10.0. The van der Waals surface area contributed by atoms with Crippen LogP contribution >= 0.6 is 0 Å². The van der Waals surface area contributed by atoms with Gasteiger partial charge in [-0.05, 0) is 48.0 Å². The maximum Gasteiger partial charge on any atom is 0.255 e. The fourth-order valence-corrected chi connectivity index (χ4v) is 4.16. The summed E-state index contributed by atoms with van der Waals surface area (Å²) in [5.41, 5.74) is 2.98. The van der Waals surface area contributed by atoms with Crippen LogP contribution in [0.5, 0.6) is 5.75 Å². The van der Waals surface area contributed by atoms with Crippen LogP contribution in [0.3, 0.4) is 0 Å². The second-order valence-electron chi connectivity index (χ2n) is 6.97. The van der Waals surface area contributed by atoms with Gasteiger partial charge in [-0.15, -0.1) is 0 Å². The van der Waals surface area contributed by atoms with E-state index in [2.05, 4.69) is 10.0 Å². The average Bonchev–Trinajstić information content (AvgIpc) is 2.80. The molecule has 164 valence electrons. The Kier molecular flexibility index (Phi) is 7.60. The number of ether oxygens (including phenoxy) is 1. The first-order valence-electron chi connectivity index (χ1n) is 9.92. The standard InChI is InChI=1S/C24H23N3O4S/c1-31-23-13-10-21(17-20(23)16-18-6-3-2-4-7-18)27-24(28)19-8-11-22(12-9-19)32(29,30)26-15-5-14-25/h2-4,6-13,17,26H,5,15-16H2,1H3,(H,27,28). The van der Waals surface area contributed by atoms with E-state index < -0.39 is 10.0 Å². The SMILES string of the molecule is COc1ccc(NC(=O)c2ccc(S(=O)(=O)NCCC#N)cc2)cc1Cc1ccccc1. The number of amides is 1. The van der Waals surface area contributed by atoms with Crippen molar-refractivity contribution in [2.45, 2.75) is 17.7 Å². The molecule has 7 nitrogen and oxygen atoms in total. The largest absolute Gasteiger partial charge is 0.496 e. The van der Waals surface area contributed by atoms with Gasteiger partial charge in [-0.3, -0.25) is 4.79 Å². The number of benzene rings is 3. The lowest BCUT2D eigenvalue weighted by Gasteiger charge is -2.12. The molecule has 0 unspecified atom stereocenters. The molecule has 0 bridgehead atoms. The third-order valence-electron chi connectivity index (χ3n) is 4.73. The summed E-state index contributed by atoms with van der Waals surface area (Å²) in [6.07, 6.45) is 0.729. The number of hydrogen-bond acceptors (Lipinski definition) is 5. The molecule has 2 N–H and O–H groups in total. The van der Waals surface area contributed by atoms with Crippen LogP contribution in [-0.2, 0) is 16.4 Å². The number of anilines is 1. The van der Waals surface area contributed by atoms with E-state index in [1.54, 1.807) is 19.2 Å². The second-order valence-corrected chi connectivity index (χ2v) is 8.74. The van der Waals surface area contributed by atoms with E-state index >= 15 is 0 Å². The van der Waals surface area contributed by atoms with Crippen LogP contribution in [0, 0.1) is 11.3 Å². The smallest absolute Gasteiger partial charge is 0.255 e. The van der Waals surface area contributed by atoms with Gasteiger partial charge >= 0.3 is 0 Å². The summed E-state index contributed by atoms with van der Waals surface area (Å²) in [7, 11) is -2.12. The first kappa shape index (κ1) is 23.0. The van der Waals surface area contributed by atoms with Crippen LogP contribution in [-0.4, -0.2) is 28.0 Å². The predicted molar refractivity (Wildman–Crippen MR) is 122 cm³/mol. The van der Waals surface area contributed by atoms with E-state index in [0.29, 0.717) is 17.7 Å². The zero-order valence-corrected chi connectivity index (χ0v) is 18.4. The van der Waals surface area contributed by atoms with Gasteiger partial charge in [0.1, 0.15) is 5.75 Å². The summed E-state index contributed by atoms with van der Waals surface area (Å²) in [5, 5.41) is 11.4. The van der Waals surface area contributed by atoms with Gasteiger partial charge in [0.25, 0.3) is 5.91 Å². The molecule has 0 aliphatic rings. The monoisotopic (exact) mass is 449 g/mol. The highest BCUT2D eigenvalue weighted by atomic mass is 32.2. The van der Waals surface area contributed by atoms with Crippen molar-refractivity contribution in [3.8, 4) is 11.8 Å². The fraction of sp³-hybridized carbons (Fsp3) is 0.167. The molecule has 3 aromatic carbocycles. The number of carbonyl (C=O) groups excluding carboxylic acids is 1. The lowest BCUT2D eigenvalue weighted by molar-refractivity contribution is 0.102. The molecule has 0 atom stereocenters. The van der Waals surface area contributed by atoms with Crippen LogP contribution in [0.4, 0.5) is 5.69 Å². The quantitative estimate of drug-likeness (QED) is 0.484. The highest BCUT2D eigenvalue weighted by Crippen LogP contribution is 2.25. The normalized spacial score (nSPS) is 10.9. The lowest BCUT2D eigenvalue weighted by Crippen LogP contribution is -2.24. The maximum absolute atomic E-state index is 12.7. The van der Waals surface area contributed by atoms with Crippen molar-refractivity contribution in [3.05, 3.63) is 89.5 Å². The van der Waals surface area contributed by atoms with Crippen LogP contribution in [0.15, 0.2) is 77.7 Å². The molecule has 32 heavy (non-hydrogen) atoms. The molecule has 0 radical (unpaired) electrons. The van der Waals surface area contributed by atoms with Gasteiger partial charge in [0.05, 0.1) is 18.1 Å². The van der Waals surface area contributed by atoms with Gasteiger partial charge < -0.3 is 10.1 Å². The minimum absolute atomic E-state index is 0.0292. The van der Waals surface area contributed by atoms with Gasteiger partial charge in [0.15, 0.2) is 0 Å². The van der Waals surface area contributed by atoms with Crippen molar-refractivity contribution >= 4 is 21.6 Å². The second kappa shape index (κ2) is 10.6. The molecule has 0 aliphatic carbocycles. The van der Waals surface area contributed by atoms with Crippen LogP contribution in [0.1, 0.15) is 27.9 Å². The third-order valence-corrected chi connectivity index (χ3v) is 6.21. The van der Waals surface area contributed by atoms with Crippen molar-refractivity contribution in [1.82, 2.24) is 4.72 Å². The van der Waals surface area contributed by atoms with E-state index in [9.17, 15) is 13.2 Å². The molecule has 0 heterocycles. The third kappa shape index (κ3) is 5.94. The molecule has 0 spiro atoms. The molecule has 0 aromatic heterocycles. The highest BCUT2D eigenvalue weighted by Gasteiger charge is 2.15. The van der Waals surface area contributed by atoms with Crippen molar-refractivity contribution in [1.29, 1.82) is 5.26 Å². The number of carbonyl (C=O) groups is 1. The van der Waals surface area contributed by atoms with Gasteiger partial charge in [-0.1, -0.05) is 30.3 Å².